The molecule has 0 aliphatic heterocycles. The molecule has 0 aliphatic carbocycles. The van der Waals surface area contributed by atoms with Crippen molar-refractivity contribution < 1.29 is 18.1 Å². The lowest BCUT2D eigenvalue weighted by molar-refractivity contribution is -0.388. The fraction of sp³-hybridized carbons (Fsp3) is 0.273. The van der Waals surface area contributed by atoms with Crippen molar-refractivity contribution >= 4 is 17.3 Å². The first-order valence-electron chi connectivity index (χ1n) is 4.76. The van der Waals surface area contributed by atoms with Gasteiger partial charge in [-0.05, 0) is 12.1 Å². The summed E-state index contributed by atoms with van der Waals surface area (Å²) in [6.07, 6.45) is -4.40. The molecule has 0 unspecified atom stereocenters. The van der Waals surface area contributed by atoms with Gasteiger partial charge in [-0.3, -0.25) is 10.1 Å². The van der Waals surface area contributed by atoms with Gasteiger partial charge in [0.15, 0.2) is 0 Å². The minimum atomic E-state index is -4.76. The maximum absolute atomic E-state index is 12.5. The fourth-order valence-corrected chi connectivity index (χ4v) is 1.31. The van der Waals surface area contributed by atoms with Crippen LogP contribution in [-0.2, 0) is 6.18 Å². The number of nitrogens with zero attached hydrogens (tertiary/aromatic N) is 1. The van der Waals surface area contributed by atoms with Crippen LogP contribution in [0.4, 0.5) is 18.9 Å². The third-order valence-electron chi connectivity index (χ3n) is 1.95. The zero-order valence-electron chi connectivity index (χ0n) is 8.92. The second-order valence-corrected chi connectivity index (χ2v) is 3.61. The standard InChI is InChI=1S/C11H7ClF3NO2/c12-6-2-1-3-8-4-5-9(11(13,14)15)10(7-8)16(17)18/h4-5,7H,2,6H2. The molecule has 0 radical (unpaired) electrons. The number of hydrogen-bond acceptors (Lipinski definition) is 2. The van der Waals surface area contributed by atoms with E-state index in [-0.39, 0.29) is 11.4 Å². The van der Waals surface area contributed by atoms with Crippen molar-refractivity contribution in [2.75, 3.05) is 5.88 Å². The van der Waals surface area contributed by atoms with Gasteiger partial charge in [-0.1, -0.05) is 11.8 Å². The molecule has 0 spiro atoms. The Morgan fingerprint density at radius 1 is 1.39 bits per heavy atom. The van der Waals surface area contributed by atoms with E-state index < -0.39 is 22.4 Å². The molecule has 0 N–H and O–H groups in total. The summed E-state index contributed by atoms with van der Waals surface area (Å²) in [5, 5.41) is 10.6. The lowest BCUT2D eigenvalue weighted by Gasteiger charge is -2.07. The van der Waals surface area contributed by atoms with E-state index in [9.17, 15) is 23.3 Å². The topological polar surface area (TPSA) is 43.1 Å². The zero-order chi connectivity index (χ0) is 13.8. The van der Waals surface area contributed by atoms with Crippen molar-refractivity contribution in [3.05, 3.63) is 39.4 Å². The van der Waals surface area contributed by atoms with E-state index in [0.717, 1.165) is 12.1 Å². The number of nitro groups is 1. The summed E-state index contributed by atoms with van der Waals surface area (Å²) in [7, 11) is 0. The largest absolute Gasteiger partial charge is 0.422 e. The molecule has 7 heteroatoms. The van der Waals surface area contributed by atoms with E-state index in [2.05, 4.69) is 11.8 Å². The first-order chi connectivity index (χ1) is 8.36. The maximum atomic E-state index is 12.5. The van der Waals surface area contributed by atoms with Crippen molar-refractivity contribution in [3.8, 4) is 11.8 Å². The number of rotatable bonds is 2. The van der Waals surface area contributed by atoms with Gasteiger partial charge in [-0.15, -0.1) is 11.6 Å². The highest BCUT2D eigenvalue weighted by Crippen LogP contribution is 2.36. The number of nitro benzene ring substituents is 1. The van der Waals surface area contributed by atoms with Crippen LogP contribution in [0.2, 0.25) is 0 Å². The third kappa shape index (κ3) is 3.64. The fourth-order valence-electron chi connectivity index (χ4n) is 1.21. The lowest BCUT2D eigenvalue weighted by Crippen LogP contribution is -2.08. The van der Waals surface area contributed by atoms with Gasteiger partial charge >= 0.3 is 6.18 Å². The highest BCUT2D eigenvalue weighted by Gasteiger charge is 2.38. The zero-order valence-corrected chi connectivity index (χ0v) is 9.68. The van der Waals surface area contributed by atoms with Gasteiger partial charge in [0.05, 0.1) is 4.92 Å². The summed E-state index contributed by atoms with van der Waals surface area (Å²) in [6.45, 7) is 0. The average Bonchev–Trinajstić information content (AvgIpc) is 2.27. The Morgan fingerprint density at radius 2 is 2.06 bits per heavy atom. The van der Waals surface area contributed by atoms with Crippen LogP contribution in [-0.4, -0.2) is 10.8 Å². The van der Waals surface area contributed by atoms with Crippen molar-refractivity contribution in [3.63, 3.8) is 0 Å². The molecule has 0 aliphatic rings. The van der Waals surface area contributed by atoms with Crippen LogP contribution in [0.15, 0.2) is 18.2 Å². The van der Waals surface area contributed by atoms with Gasteiger partial charge in [0, 0.05) is 23.9 Å². The number of halogens is 4. The highest BCUT2D eigenvalue weighted by molar-refractivity contribution is 6.18. The summed E-state index contributed by atoms with van der Waals surface area (Å²) >= 11 is 5.38. The van der Waals surface area contributed by atoms with Gasteiger partial charge in [0.2, 0.25) is 0 Å². The van der Waals surface area contributed by atoms with E-state index in [1.807, 2.05) is 0 Å². The van der Waals surface area contributed by atoms with E-state index in [0.29, 0.717) is 12.5 Å². The Morgan fingerprint density at radius 3 is 2.56 bits per heavy atom. The van der Waals surface area contributed by atoms with E-state index in [1.165, 1.54) is 0 Å². The average molecular weight is 278 g/mol. The normalized spacial score (nSPS) is 10.7. The van der Waals surface area contributed by atoms with E-state index in [4.69, 9.17) is 11.6 Å². The first kappa shape index (κ1) is 14.3. The predicted octanol–water partition coefficient (Wildman–Crippen LogP) is 3.59. The molecule has 0 saturated carbocycles. The van der Waals surface area contributed by atoms with Crippen LogP contribution in [0.1, 0.15) is 17.5 Å². The molecule has 0 amide bonds. The second-order valence-electron chi connectivity index (χ2n) is 3.23. The van der Waals surface area contributed by atoms with Gasteiger partial charge < -0.3 is 0 Å². The predicted molar refractivity (Wildman–Crippen MR) is 60.3 cm³/mol. The minimum absolute atomic E-state index is 0.153. The van der Waals surface area contributed by atoms with Crippen LogP contribution in [0, 0.1) is 22.0 Å². The van der Waals surface area contributed by atoms with Gasteiger partial charge in [0.25, 0.3) is 5.69 Å². The van der Waals surface area contributed by atoms with Crippen LogP contribution >= 0.6 is 11.6 Å². The van der Waals surface area contributed by atoms with Crippen LogP contribution in [0.3, 0.4) is 0 Å². The smallest absolute Gasteiger partial charge is 0.258 e. The Bertz CT molecular complexity index is 517. The molecule has 0 atom stereocenters. The summed E-state index contributed by atoms with van der Waals surface area (Å²) in [5.41, 5.74) is -2.13. The number of alkyl halides is 4. The molecule has 0 heterocycles. The Balaban J connectivity index is 3.21. The second kappa shape index (κ2) is 5.74. The Hall–Kier alpha value is -1.74. The van der Waals surface area contributed by atoms with Crippen molar-refractivity contribution in [1.29, 1.82) is 0 Å². The van der Waals surface area contributed by atoms with E-state index >= 15 is 0 Å². The molecule has 0 aromatic heterocycles. The van der Waals surface area contributed by atoms with Gasteiger partial charge in [-0.25, -0.2) is 0 Å². The molecule has 1 rings (SSSR count). The Kier molecular flexibility index (Phi) is 4.56. The monoisotopic (exact) mass is 277 g/mol. The molecule has 0 fully saturated rings. The molecule has 0 bridgehead atoms. The molecular formula is C11H7ClF3NO2. The molecule has 0 saturated heterocycles. The van der Waals surface area contributed by atoms with Gasteiger partial charge in [-0.2, -0.15) is 13.2 Å². The summed E-state index contributed by atoms with van der Waals surface area (Å²) < 4.78 is 37.5. The highest BCUT2D eigenvalue weighted by atomic mass is 35.5. The SMILES string of the molecule is O=[N+]([O-])c1cc(C#CCCCl)ccc1C(F)(F)F. The third-order valence-corrected chi connectivity index (χ3v) is 2.14. The molecule has 96 valence electrons. The Labute approximate surface area is 106 Å². The van der Waals surface area contributed by atoms with Gasteiger partial charge in [0.1, 0.15) is 5.56 Å². The molecule has 1 aromatic rings. The van der Waals surface area contributed by atoms with Crippen LogP contribution in [0.25, 0.3) is 0 Å². The first-order valence-corrected chi connectivity index (χ1v) is 5.30. The van der Waals surface area contributed by atoms with Crippen LogP contribution < -0.4 is 0 Å². The summed E-state index contributed by atoms with van der Waals surface area (Å²) in [5.74, 6) is 5.39. The van der Waals surface area contributed by atoms with Crippen LogP contribution in [0.5, 0.6) is 0 Å². The molecule has 3 nitrogen and oxygen atoms in total. The molecule has 18 heavy (non-hydrogen) atoms. The van der Waals surface area contributed by atoms with Crippen molar-refractivity contribution in [2.45, 2.75) is 12.6 Å². The maximum Gasteiger partial charge on any atom is 0.422 e. The number of hydrogen-bond donors (Lipinski definition) is 0. The summed E-state index contributed by atoms with van der Waals surface area (Å²) in [4.78, 5) is 9.51. The van der Waals surface area contributed by atoms with Crippen molar-refractivity contribution in [1.82, 2.24) is 0 Å². The van der Waals surface area contributed by atoms with E-state index in [1.54, 1.807) is 0 Å². The summed E-state index contributed by atoms with van der Waals surface area (Å²) in [6, 6.07) is 2.56. The van der Waals surface area contributed by atoms with Crippen molar-refractivity contribution in [2.24, 2.45) is 0 Å². The molecular weight excluding hydrogens is 271 g/mol. The number of benzene rings is 1. The lowest BCUT2D eigenvalue weighted by atomic mass is 10.1. The molecule has 1 aromatic carbocycles. The minimum Gasteiger partial charge on any atom is -0.258 e. The quantitative estimate of drug-likeness (QED) is 0.359.